The number of piperidine rings is 1. The minimum Gasteiger partial charge on any atom is -0.349 e. The van der Waals surface area contributed by atoms with E-state index in [4.69, 9.17) is 4.52 Å². The van der Waals surface area contributed by atoms with Crippen molar-refractivity contribution in [2.75, 3.05) is 6.54 Å². The molecule has 3 rings (SSSR count). The highest BCUT2D eigenvalue weighted by Gasteiger charge is 2.21. The first-order valence-corrected chi connectivity index (χ1v) is 7.46. The van der Waals surface area contributed by atoms with Gasteiger partial charge >= 0.3 is 0 Å². The van der Waals surface area contributed by atoms with Crippen molar-refractivity contribution in [1.29, 1.82) is 0 Å². The van der Waals surface area contributed by atoms with Crippen molar-refractivity contribution >= 4 is 29.4 Å². The highest BCUT2D eigenvalue weighted by Crippen LogP contribution is 2.18. The largest absolute Gasteiger partial charge is 0.349 e. The molecule has 2 N–H and O–H groups in total. The Balaban J connectivity index is 0.00000176. The molecule has 0 bridgehead atoms. The van der Waals surface area contributed by atoms with E-state index >= 15 is 0 Å². The van der Waals surface area contributed by atoms with Gasteiger partial charge < -0.3 is 15.2 Å². The molecule has 0 saturated carbocycles. The van der Waals surface area contributed by atoms with Gasteiger partial charge in [-0.05, 0) is 38.8 Å². The average molecular weight is 325 g/mol. The van der Waals surface area contributed by atoms with Crippen LogP contribution in [-0.4, -0.2) is 34.7 Å². The number of amides is 1. The van der Waals surface area contributed by atoms with E-state index in [1.54, 1.807) is 6.20 Å². The van der Waals surface area contributed by atoms with E-state index in [1.807, 2.05) is 13.0 Å². The summed E-state index contributed by atoms with van der Waals surface area (Å²) in [5.74, 6) is -0.0771. The van der Waals surface area contributed by atoms with Gasteiger partial charge in [0, 0.05) is 18.3 Å². The molecule has 2 aromatic rings. The number of aromatic nitrogens is 2. The zero-order valence-corrected chi connectivity index (χ0v) is 13.6. The van der Waals surface area contributed by atoms with Crippen molar-refractivity contribution in [1.82, 2.24) is 20.8 Å². The number of halogens is 1. The zero-order chi connectivity index (χ0) is 14.8. The Morgan fingerprint density at radius 2 is 2.36 bits per heavy atom. The van der Waals surface area contributed by atoms with Crippen molar-refractivity contribution in [3.63, 3.8) is 0 Å². The topological polar surface area (TPSA) is 80.0 Å². The SMILES string of the molecule is CCc1noc2ncc(C(=O)NC3CCNC(C)C3)cc12.Cl. The molecule has 3 heterocycles. The van der Waals surface area contributed by atoms with Crippen molar-refractivity contribution in [3.8, 4) is 0 Å². The minimum absolute atomic E-state index is 0. The van der Waals surface area contributed by atoms with Crippen molar-refractivity contribution in [2.24, 2.45) is 0 Å². The molecular weight excluding hydrogens is 304 g/mol. The van der Waals surface area contributed by atoms with Crippen LogP contribution >= 0.6 is 12.4 Å². The standard InChI is InChI=1S/C15H20N4O2.ClH/c1-3-13-12-7-10(8-17-15(12)21-19-13)14(20)18-11-4-5-16-9(2)6-11;/h7-9,11,16H,3-6H2,1-2H3,(H,18,20);1H. The highest BCUT2D eigenvalue weighted by molar-refractivity contribution is 5.97. The first-order valence-electron chi connectivity index (χ1n) is 7.46. The van der Waals surface area contributed by atoms with Crippen molar-refractivity contribution in [3.05, 3.63) is 23.5 Å². The summed E-state index contributed by atoms with van der Waals surface area (Å²) < 4.78 is 5.14. The van der Waals surface area contributed by atoms with E-state index in [1.165, 1.54) is 0 Å². The van der Waals surface area contributed by atoms with E-state index in [0.717, 1.165) is 36.9 Å². The molecule has 2 atom stereocenters. The van der Waals surface area contributed by atoms with Gasteiger partial charge in [0.25, 0.3) is 11.6 Å². The van der Waals surface area contributed by atoms with E-state index in [9.17, 15) is 4.79 Å². The Bertz CT molecular complexity index is 658. The van der Waals surface area contributed by atoms with Gasteiger partial charge in [-0.15, -0.1) is 12.4 Å². The van der Waals surface area contributed by atoms with Crippen LogP contribution in [0.3, 0.4) is 0 Å². The third-order valence-corrected chi connectivity index (χ3v) is 3.96. The van der Waals surface area contributed by atoms with Gasteiger partial charge in [0.2, 0.25) is 0 Å². The summed E-state index contributed by atoms with van der Waals surface area (Å²) >= 11 is 0. The second kappa shape index (κ2) is 7.07. The molecule has 1 fully saturated rings. The van der Waals surface area contributed by atoms with Crippen molar-refractivity contribution < 1.29 is 9.32 Å². The monoisotopic (exact) mass is 324 g/mol. The van der Waals surface area contributed by atoms with E-state index in [2.05, 4.69) is 27.7 Å². The molecule has 1 saturated heterocycles. The maximum absolute atomic E-state index is 12.4. The number of rotatable bonds is 3. The molecule has 2 aromatic heterocycles. The molecule has 120 valence electrons. The van der Waals surface area contributed by atoms with Crippen LogP contribution in [0.4, 0.5) is 0 Å². The number of nitrogens with zero attached hydrogens (tertiary/aromatic N) is 2. The third kappa shape index (κ3) is 3.39. The van der Waals surface area contributed by atoms with Gasteiger partial charge in [-0.3, -0.25) is 4.79 Å². The van der Waals surface area contributed by atoms with Gasteiger partial charge in [-0.2, -0.15) is 0 Å². The molecule has 0 aromatic carbocycles. The second-order valence-electron chi connectivity index (χ2n) is 5.61. The number of hydrogen-bond acceptors (Lipinski definition) is 5. The Morgan fingerprint density at radius 3 is 3.09 bits per heavy atom. The molecule has 0 radical (unpaired) electrons. The molecule has 1 aliphatic rings. The number of carbonyl (C=O) groups excluding carboxylic acids is 1. The van der Waals surface area contributed by atoms with Gasteiger partial charge in [-0.25, -0.2) is 4.98 Å². The third-order valence-electron chi connectivity index (χ3n) is 3.96. The molecule has 2 unspecified atom stereocenters. The predicted molar refractivity (Wildman–Crippen MR) is 86.4 cm³/mol. The molecular formula is C15H21ClN4O2. The molecule has 0 aliphatic carbocycles. The van der Waals surface area contributed by atoms with Gasteiger partial charge in [0.15, 0.2) is 0 Å². The fourth-order valence-electron chi connectivity index (χ4n) is 2.79. The highest BCUT2D eigenvalue weighted by atomic mass is 35.5. The Morgan fingerprint density at radius 1 is 1.55 bits per heavy atom. The van der Waals surface area contributed by atoms with Gasteiger partial charge in [0.05, 0.1) is 16.6 Å². The first kappa shape index (κ1) is 16.7. The lowest BCUT2D eigenvalue weighted by molar-refractivity contribution is 0.0925. The molecule has 22 heavy (non-hydrogen) atoms. The summed E-state index contributed by atoms with van der Waals surface area (Å²) in [6.45, 7) is 5.08. The quantitative estimate of drug-likeness (QED) is 0.903. The van der Waals surface area contributed by atoms with Crippen LogP contribution in [0.1, 0.15) is 42.7 Å². The summed E-state index contributed by atoms with van der Waals surface area (Å²) in [5.41, 5.74) is 1.88. The van der Waals surface area contributed by atoms with Crippen LogP contribution in [0.15, 0.2) is 16.8 Å². The lowest BCUT2D eigenvalue weighted by Crippen LogP contribution is -2.46. The number of nitrogens with one attached hydrogen (secondary N) is 2. The average Bonchev–Trinajstić information content (AvgIpc) is 2.89. The Labute approximate surface area is 135 Å². The lowest BCUT2D eigenvalue weighted by Gasteiger charge is -2.28. The predicted octanol–water partition coefficient (Wildman–Crippen LogP) is 2.08. The van der Waals surface area contributed by atoms with E-state index in [-0.39, 0.29) is 24.4 Å². The first-order chi connectivity index (χ1) is 10.2. The summed E-state index contributed by atoms with van der Waals surface area (Å²) in [6, 6.07) is 2.48. The fraction of sp³-hybridized carbons (Fsp3) is 0.533. The van der Waals surface area contributed by atoms with E-state index < -0.39 is 0 Å². The van der Waals surface area contributed by atoms with Gasteiger partial charge in [0.1, 0.15) is 0 Å². The number of pyridine rings is 1. The number of aryl methyl sites for hydroxylation is 1. The van der Waals surface area contributed by atoms with Crippen LogP contribution in [0.5, 0.6) is 0 Å². The van der Waals surface area contributed by atoms with Crippen molar-refractivity contribution in [2.45, 2.75) is 45.2 Å². The molecule has 0 spiro atoms. The molecule has 6 nitrogen and oxygen atoms in total. The number of carbonyl (C=O) groups is 1. The normalized spacial score (nSPS) is 21.4. The van der Waals surface area contributed by atoms with Crippen LogP contribution in [0.2, 0.25) is 0 Å². The smallest absolute Gasteiger partial charge is 0.257 e. The zero-order valence-electron chi connectivity index (χ0n) is 12.8. The number of hydrogen-bond donors (Lipinski definition) is 2. The molecule has 1 amide bonds. The summed E-state index contributed by atoms with van der Waals surface area (Å²) in [4.78, 5) is 16.5. The summed E-state index contributed by atoms with van der Waals surface area (Å²) in [7, 11) is 0. The van der Waals surface area contributed by atoms with Gasteiger partial charge in [-0.1, -0.05) is 12.1 Å². The summed E-state index contributed by atoms with van der Waals surface area (Å²) in [6.07, 6.45) is 4.21. The minimum atomic E-state index is -0.0771. The second-order valence-corrected chi connectivity index (χ2v) is 5.61. The molecule has 7 heteroatoms. The Kier molecular flexibility index (Phi) is 5.37. The lowest BCUT2D eigenvalue weighted by atomic mass is 10.0. The fourth-order valence-corrected chi connectivity index (χ4v) is 2.79. The summed E-state index contributed by atoms with van der Waals surface area (Å²) in [5, 5.41) is 11.3. The van der Waals surface area contributed by atoms with E-state index in [0.29, 0.717) is 17.3 Å². The molecule has 1 aliphatic heterocycles. The van der Waals surface area contributed by atoms with Crippen LogP contribution in [-0.2, 0) is 6.42 Å². The van der Waals surface area contributed by atoms with Crippen LogP contribution in [0, 0.1) is 0 Å². The Hall–Kier alpha value is -1.66. The maximum atomic E-state index is 12.4. The maximum Gasteiger partial charge on any atom is 0.257 e. The van der Waals surface area contributed by atoms with Crippen LogP contribution in [0.25, 0.3) is 11.1 Å². The van der Waals surface area contributed by atoms with Crippen LogP contribution < -0.4 is 10.6 Å². The number of fused-ring (bicyclic) bond motifs is 1.